The molecule has 1 aromatic rings. The van der Waals surface area contributed by atoms with Gasteiger partial charge in [0.15, 0.2) is 5.78 Å². The van der Waals surface area contributed by atoms with Gasteiger partial charge >= 0.3 is 0 Å². The van der Waals surface area contributed by atoms with Gasteiger partial charge in [0, 0.05) is 18.2 Å². The zero-order valence-corrected chi connectivity index (χ0v) is 14.2. The summed E-state index contributed by atoms with van der Waals surface area (Å²) in [7, 11) is 0. The van der Waals surface area contributed by atoms with E-state index < -0.39 is 0 Å². The second kappa shape index (κ2) is 8.20. The first kappa shape index (κ1) is 16.1. The van der Waals surface area contributed by atoms with Crippen molar-refractivity contribution in [3.8, 4) is 0 Å². The first-order valence-corrected chi connectivity index (χ1v) is 9.37. The molecule has 0 bridgehead atoms. The van der Waals surface area contributed by atoms with Crippen molar-refractivity contribution < 1.29 is 4.79 Å². The molecular weight excluding hydrogens is 286 g/mol. The van der Waals surface area contributed by atoms with Gasteiger partial charge in [-0.05, 0) is 38.1 Å². The van der Waals surface area contributed by atoms with E-state index in [1.807, 2.05) is 17.8 Å². The minimum absolute atomic E-state index is 0.315. The number of thioether (sulfide) groups is 1. The highest BCUT2D eigenvalue weighted by Crippen LogP contribution is 2.30. The number of Topliss-reactive ketones (excluding diaryl/α,β-unsaturated/α-hetero) is 1. The van der Waals surface area contributed by atoms with Gasteiger partial charge in [-0.1, -0.05) is 26.7 Å². The highest BCUT2D eigenvalue weighted by atomic mass is 32.2. The minimum atomic E-state index is 0.315. The van der Waals surface area contributed by atoms with Gasteiger partial charge in [-0.2, -0.15) is 0 Å². The van der Waals surface area contributed by atoms with Crippen molar-refractivity contribution in [2.45, 2.75) is 55.4 Å². The number of ketones is 1. The molecule has 0 N–H and O–H groups in total. The molecule has 0 saturated carbocycles. The van der Waals surface area contributed by atoms with Crippen LogP contribution in [0.15, 0.2) is 16.3 Å². The number of rotatable bonds is 6. The van der Waals surface area contributed by atoms with E-state index in [9.17, 15) is 4.79 Å². The Bertz CT molecular complexity index is 420. The highest BCUT2D eigenvalue weighted by Gasteiger charge is 2.14. The number of thiophene rings is 1. The molecule has 0 amide bonds. The molecule has 0 aliphatic carbocycles. The Hall–Kier alpha value is -0.320. The fourth-order valence-corrected chi connectivity index (χ4v) is 4.86. The topological polar surface area (TPSA) is 20.3 Å². The van der Waals surface area contributed by atoms with Crippen molar-refractivity contribution in [2.24, 2.45) is 0 Å². The molecule has 0 spiro atoms. The standard InChI is InChI=1S/C16H25NOS2/c1-13(2)19-16-8-7-15(20-16)14(18)9-12-17-10-5-3-4-6-11-17/h7-8,13H,3-6,9-12H2,1-2H3. The number of hydrogen-bond acceptors (Lipinski definition) is 4. The second-order valence-electron chi connectivity index (χ2n) is 5.71. The SMILES string of the molecule is CC(C)Sc1ccc(C(=O)CCN2CCCCCC2)s1. The fourth-order valence-electron chi connectivity index (χ4n) is 2.51. The van der Waals surface area contributed by atoms with Crippen LogP contribution in [0.1, 0.15) is 55.6 Å². The summed E-state index contributed by atoms with van der Waals surface area (Å²) < 4.78 is 1.26. The smallest absolute Gasteiger partial charge is 0.174 e. The van der Waals surface area contributed by atoms with E-state index in [1.54, 1.807) is 11.3 Å². The van der Waals surface area contributed by atoms with Crippen LogP contribution >= 0.6 is 23.1 Å². The first-order chi connectivity index (χ1) is 9.65. The van der Waals surface area contributed by atoms with E-state index in [-0.39, 0.29) is 0 Å². The molecule has 0 unspecified atom stereocenters. The molecule has 1 aliphatic heterocycles. The van der Waals surface area contributed by atoms with Gasteiger partial charge in [-0.3, -0.25) is 4.79 Å². The van der Waals surface area contributed by atoms with Gasteiger partial charge in [0.25, 0.3) is 0 Å². The Kier molecular flexibility index (Phi) is 6.59. The summed E-state index contributed by atoms with van der Waals surface area (Å²) in [6.07, 6.45) is 5.97. The van der Waals surface area contributed by atoms with Crippen LogP contribution < -0.4 is 0 Å². The van der Waals surface area contributed by atoms with Crippen molar-refractivity contribution in [3.05, 3.63) is 17.0 Å². The molecule has 0 aromatic carbocycles. The van der Waals surface area contributed by atoms with Crippen molar-refractivity contribution in [1.29, 1.82) is 0 Å². The first-order valence-electron chi connectivity index (χ1n) is 7.67. The zero-order chi connectivity index (χ0) is 14.4. The molecule has 1 aliphatic rings. The summed E-state index contributed by atoms with van der Waals surface area (Å²) in [5, 5.41) is 0.578. The largest absolute Gasteiger partial charge is 0.303 e. The maximum absolute atomic E-state index is 12.2. The maximum Gasteiger partial charge on any atom is 0.174 e. The van der Waals surface area contributed by atoms with Crippen LogP contribution in [0.4, 0.5) is 0 Å². The molecule has 1 fully saturated rings. The van der Waals surface area contributed by atoms with Gasteiger partial charge in [-0.15, -0.1) is 23.1 Å². The van der Waals surface area contributed by atoms with Gasteiger partial charge in [-0.25, -0.2) is 0 Å². The van der Waals surface area contributed by atoms with E-state index in [4.69, 9.17) is 0 Å². The molecule has 4 heteroatoms. The predicted molar refractivity (Wildman–Crippen MR) is 89.2 cm³/mol. The Labute approximate surface area is 130 Å². The van der Waals surface area contributed by atoms with Crippen molar-refractivity contribution in [2.75, 3.05) is 19.6 Å². The van der Waals surface area contributed by atoms with Crippen LogP contribution in [0.2, 0.25) is 0 Å². The third-order valence-corrected chi connectivity index (χ3v) is 5.86. The summed E-state index contributed by atoms with van der Waals surface area (Å²) >= 11 is 3.50. The summed E-state index contributed by atoms with van der Waals surface area (Å²) in [5.41, 5.74) is 0. The Morgan fingerprint density at radius 2 is 1.95 bits per heavy atom. The molecule has 2 nitrogen and oxygen atoms in total. The van der Waals surface area contributed by atoms with E-state index in [0.717, 1.165) is 11.4 Å². The number of carbonyl (C=O) groups is 1. The Balaban J connectivity index is 1.80. The van der Waals surface area contributed by atoms with Gasteiger partial charge in [0.1, 0.15) is 0 Å². The maximum atomic E-state index is 12.2. The molecule has 0 radical (unpaired) electrons. The van der Waals surface area contributed by atoms with Crippen LogP contribution in [0.5, 0.6) is 0 Å². The van der Waals surface area contributed by atoms with Crippen LogP contribution in [0.25, 0.3) is 0 Å². The Morgan fingerprint density at radius 3 is 2.60 bits per heavy atom. The lowest BCUT2D eigenvalue weighted by Gasteiger charge is -2.18. The third kappa shape index (κ3) is 5.23. The molecule has 1 saturated heterocycles. The molecule has 0 atom stereocenters. The number of nitrogens with zero attached hydrogens (tertiary/aromatic N) is 1. The molecule has 112 valence electrons. The predicted octanol–water partition coefficient (Wildman–Crippen LogP) is 4.70. The number of carbonyl (C=O) groups excluding carboxylic acids is 1. The average molecular weight is 312 g/mol. The minimum Gasteiger partial charge on any atom is -0.303 e. The number of hydrogen-bond donors (Lipinski definition) is 0. The Morgan fingerprint density at radius 1 is 1.25 bits per heavy atom. The van der Waals surface area contributed by atoms with Gasteiger partial charge in [0.05, 0.1) is 9.09 Å². The van der Waals surface area contributed by atoms with Crippen LogP contribution in [0.3, 0.4) is 0 Å². The molecule has 20 heavy (non-hydrogen) atoms. The normalized spacial score (nSPS) is 17.4. The molecule has 2 heterocycles. The third-order valence-electron chi connectivity index (χ3n) is 3.56. The van der Waals surface area contributed by atoms with Gasteiger partial charge in [0.2, 0.25) is 0 Å². The summed E-state index contributed by atoms with van der Waals surface area (Å²) in [4.78, 5) is 15.6. The lowest BCUT2D eigenvalue weighted by Crippen LogP contribution is -2.27. The zero-order valence-electron chi connectivity index (χ0n) is 12.6. The average Bonchev–Trinajstić information content (AvgIpc) is 2.71. The van der Waals surface area contributed by atoms with Crippen molar-refractivity contribution in [3.63, 3.8) is 0 Å². The molecular formula is C16H25NOS2. The van der Waals surface area contributed by atoms with E-state index in [0.29, 0.717) is 17.5 Å². The fraction of sp³-hybridized carbons (Fsp3) is 0.688. The van der Waals surface area contributed by atoms with Crippen molar-refractivity contribution in [1.82, 2.24) is 4.90 Å². The van der Waals surface area contributed by atoms with Gasteiger partial charge < -0.3 is 4.90 Å². The lowest BCUT2D eigenvalue weighted by atomic mass is 10.2. The van der Waals surface area contributed by atoms with Crippen LogP contribution in [-0.4, -0.2) is 35.6 Å². The summed E-state index contributed by atoms with van der Waals surface area (Å²) in [5.74, 6) is 0.315. The van der Waals surface area contributed by atoms with Crippen molar-refractivity contribution >= 4 is 28.9 Å². The van der Waals surface area contributed by atoms with E-state index in [1.165, 1.54) is 43.0 Å². The molecule has 1 aromatic heterocycles. The molecule has 2 rings (SSSR count). The quantitative estimate of drug-likeness (QED) is 0.561. The summed E-state index contributed by atoms with van der Waals surface area (Å²) in [6.45, 7) is 7.65. The van der Waals surface area contributed by atoms with E-state index in [2.05, 4.69) is 24.8 Å². The highest BCUT2D eigenvalue weighted by molar-refractivity contribution is 8.01. The van der Waals surface area contributed by atoms with Crippen LogP contribution in [0, 0.1) is 0 Å². The number of likely N-dealkylation sites (tertiary alicyclic amines) is 1. The van der Waals surface area contributed by atoms with E-state index >= 15 is 0 Å². The van der Waals surface area contributed by atoms with Crippen LogP contribution in [-0.2, 0) is 0 Å². The summed E-state index contributed by atoms with van der Waals surface area (Å²) in [6, 6.07) is 4.09. The lowest BCUT2D eigenvalue weighted by molar-refractivity contribution is 0.0969. The second-order valence-corrected chi connectivity index (χ2v) is 8.67. The monoisotopic (exact) mass is 311 g/mol.